The van der Waals surface area contributed by atoms with Gasteiger partial charge in [-0.05, 0) is 31.2 Å². The Balaban J connectivity index is 2.03. The molecule has 0 unspecified atom stereocenters. The van der Waals surface area contributed by atoms with Crippen molar-refractivity contribution in [3.05, 3.63) is 52.7 Å². The molecule has 1 aromatic heterocycles. The van der Waals surface area contributed by atoms with E-state index in [0.717, 1.165) is 0 Å². The number of ether oxygens (including phenoxy) is 1. The fourth-order valence-corrected chi connectivity index (χ4v) is 2.44. The molecule has 23 heavy (non-hydrogen) atoms. The molecule has 0 saturated heterocycles. The summed E-state index contributed by atoms with van der Waals surface area (Å²) in [5.74, 6) is 0.162. The largest absolute Gasteiger partial charge is 0.494 e. The number of nitrogens with one attached hydrogen (secondary N) is 1. The molecule has 0 saturated carbocycles. The van der Waals surface area contributed by atoms with Crippen LogP contribution in [0, 0.1) is 10.1 Å². The standard InChI is InChI=1S/C15H15N3O4S/c1-2-22-11-6-7-12(13(9-11)18(20)21)17-14(19)10-23-15-5-3-4-8-16-15/h3-9H,2,10H2,1H3,(H,17,19). The molecule has 1 amide bonds. The van der Waals surface area contributed by atoms with E-state index in [1.54, 1.807) is 31.3 Å². The first-order valence-electron chi connectivity index (χ1n) is 6.85. The van der Waals surface area contributed by atoms with Gasteiger partial charge in [-0.1, -0.05) is 17.8 Å². The quantitative estimate of drug-likeness (QED) is 0.475. The highest BCUT2D eigenvalue weighted by Crippen LogP contribution is 2.29. The molecule has 0 bridgehead atoms. The number of aromatic nitrogens is 1. The van der Waals surface area contributed by atoms with Gasteiger partial charge >= 0.3 is 0 Å². The van der Waals surface area contributed by atoms with E-state index in [1.807, 2.05) is 6.07 Å². The zero-order valence-electron chi connectivity index (χ0n) is 12.4. The van der Waals surface area contributed by atoms with Gasteiger partial charge in [-0.25, -0.2) is 4.98 Å². The first kappa shape index (κ1) is 16.8. The molecule has 7 nitrogen and oxygen atoms in total. The van der Waals surface area contributed by atoms with E-state index in [9.17, 15) is 14.9 Å². The number of pyridine rings is 1. The number of carbonyl (C=O) groups is 1. The van der Waals surface area contributed by atoms with Crippen molar-refractivity contribution in [1.82, 2.24) is 4.98 Å². The fourth-order valence-electron chi connectivity index (χ4n) is 1.78. The Bertz CT molecular complexity index is 694. The van der Waals surface area contributed by atoms with Crippen LogP contribution in [0.15, 0.2) is 47.6 Å². The van der Waals surface area contributed by atoms with Gasteiger partial charge < -0.3 is 10.1 Å². The molecular weight excluding hydrogens is 318 g/mol. The monoisotopic (exact) mass is 333 g/mol. The molecular formula is C15H15N3O4S. The number of nitro groups is 1. The third kappa shape index (κ3) is 4.96. The third-order valence-corrected chi connectivity index (χ3v) is 3.68. The molecule has 1 aromatic carbocycles. The molecule has 1 heterocycles. The minimum absolute atomic E-state index is 0.112. The maximum Gasteiger partial charge on any atom is 0.296 e. The van der Waals surface area contributed by atoms with Crippen molar-refractivity contribution in [3.8, 4) is 5.75 Å². The van der Waals surface area contributed by atoms with E-state index < -0.39 is 4.92 Å². The molecule has 120 valence electrons. The highest BCUT2D eigenvalue weighted by Gasteiger charge is 2.17. The number of anilines is 1. The van der Waals surface area contributed by atoms with Crippen LogP contribution in [0.5, 0.6) is 5.75 Å². The van der Waals surface area contributed by atoms with Crippen molar-refractivity contribution in [2.75, 3.05) is 17.7 Å². The molecule has 0 fully saturated rings. The van der Waals surface area contributed by atoms with Crippen LogP contribution < -0.4 is 10.1 Å². The molecule has 2 aromatic rings. The minimum Gasteiger partial charge on any atom is -0.494 e. The molecule has 0 radical (unpaired) electrons. The highest BCUT2D eigenvalue weighted by atomic mass is 32.2. The lowest BCUT2D eigenvalue weighted by atomic mass is 10.2. The average Bonchev–Trinajstić information content (AvgIpc) is 2.55. The van der Waals surface area contributed by atoms with Crippen LogP contribution >= 0.6 is 11.8 Å². The van der Waals surface area contributed by atoms with E-state index in [4.69, 9.17) is 4.74 Å². The lowest BCUT2D eigenvalue weighted by Gasteiger charge is -2.08. The van der Waals surface area contributed by atoms with Gasteiger partial charge in [0.1, 0.15) is 11.4 Å². The summed E-state index contributed by atoms with van der Waals surface area (Å²) in [6.07, 6.45) is 1.64. The van der Waals surface area contributed by atoms with Crippen molar-refractivity contribution in [1.29, 1.82) is 0 Å². The van der Waals surface area contributed by atoms with E-state index in [0.29, 0.717) is 17.4 Å². The number of nitrogens with zero attached hydrogens (tertiary/aromatic N) is 2. The second-order valence-corrected chi connectivity index (χ2v) is 5.37. The summed E-state index contributed by atoms with van der Waals surface area (Å²) in [6.45, 7) is 2.19. The summed E-state index contributed by atoms with van der Waals surface area (Å²) in [5, 5.41) is 14.4. The first-order chi connectivity index (χ1) is 11.1. The number of benzene rings is 1. The second kappa shape index (κ2) is 8.14. The second-order valence-electron chi connectivity index (χ2n) is 4.37. The Morgan fingerprint density at radius 2 is 2.22 bits per heavy atom. The Labute approximate surface area is 137 Å². The summed E-state index contributed by atoms with van der Waals surface area (Å²) in [4.78, 5) is 26.6. The van der Waals surface area contributed by atoms with Crippen molar-refractivity contribution in [2.24, 2.45) is 0 Å². The SMILES string of the molecule is CCOc1ccc(NC(=O)CSc2ccccn2)c([N+](=O)[O-])c1. The Kier molecular flexibility index (Phi) is 5.93. The predicted octanol–water partition coefficient (Wildman–Crippen LogP) is 3.12. The average molecular weight is 333 g/mol. The minimum atomic E-state index is -0.552. The highest BCUT2D eigenvalue weighted by molar-refractivity contribution is 7.99. The Hall–Kier alpha value is -2.61. The number of amides is 1. The van der Waals surface area contributed by atoms with Crippen LogP contribution in [0.25, 0.3) is 0 Å². The fraction of sp³-hybridized carbons (Fsp3) is 0.200. The Morgan fingerprint density at radius 1 is 1.39 bits per heavy atom. The van der Waals surface area contributed by atoms with Crippen LogP contribution in [-0.4, -0.2) is 28.2 Å². The topological polar surface area (TPSA) is 94.4 Å². The van der Waals surface area contributed by atoms with E-state index >= 15 is 0 Å². The number of rotatable bonds is 7. The summed E-state index contributed by atoms with van der Waals surface area (Å²) in [7, 11) is 0. The molecule has 1 N–H and O–H groups in total. The molecule has 0 spiro atoms. The molecule has 8 heteroatoms. The van der Waals surface area contributed by atoms with Gasteiger partial charge in [-0.3, -0.25) is 14.9 Å². The number of hydrogen-bond acceptors (Lipinski definition) is 6. The van der Waals surface area contributed by atoms with Gasteiger partial charge in [0.15, 0.2) is 0 Å². The number of carbonyl (C=O) groups excluding carboxylic acids is 1. The van der Waals surface area contributed by atoms with Crippen molar-refractivity contribution >= 4 is 29.0 Å². The van der Waals surface area contributed by atoms with Crippen LogP contribution in [-0.2, 0) is 4.79 Å². The normalized spacial score (nSPS) is 10.1. The molecule has 0 aliphatic carbocycles. The van der Waals surface area contributed by atoms with Crippen LogP contribution in [0.4, 0.5) is 11.4 Å². The summed E-state index contributed by atoms with van der Waals surface area (Å²) in [5.41, 5.74) is -0.0581. The van der Waals surface area contributed by atoms with E-state index in [2.05, 4.69) is 10.3 Å². The summed E-state index contributed by atoms with van der Waals surface area (Å²) < 4.78 is 5.23. The zero-order valence-corrected chi connectivity index (χ0v) is 13.2. The number of thioether (sulfide) groups is 1. The lowest BCUT2D eigenvalue weighted by Crippen LogP contribution is -2.15. The lowest BCUT2D eigenvalue weighted by molar-refractivity contribution is -0.384. The van der Waals surface area contributed by atoms with Crippen molar-refractivity contribution in [2.45, 2.75) is 11.9 Å². The smallest absolute Gasteiger partial charge is 0.296 e. The van der Waals surface area contributed by atoms with Crippen molar-refractivity contribution < 1.29 is 14.5 Å². The summed E-state index contributed by atoms with van der Waals surface area (Å²) >= 11 is 1.26. The molecule has 2 rings (SSSR count). The molecule has 0 atom stereocenters. The molecule has 0 aliphatic rings. The van der Waals surface area contributed by atoms with Gasteiger partial charge in [-0.2, -0.15) is 0 Å². The van der Waals surface area contributed by atoms with Gasteiger partial charge in [0.25, 0.3) is 5.69 Å². The number of hydrogen-bond donors (Lipinski definition) is 1. The maximum atomic E-state index is 12.0. The third-order valence-electron chi connectivity index (χ3n) is 2.74. The molecule has 0 aliphatic heterocycles. The number of nitro benzene ring substituents is 1. The Morgan fingerprint density at radius 3 is 2.87 bits per heavy atom. The van der Waals surface area contributed by atoms with Crippen LogP contribution in [0.3, 0.4) is 0 Å². The van der Waals surface area contributed by atoms with Gasteiger partial charge in [0, 0.05) is 6.20 Å². The van der Waals surface area contributed by atoms with E-state index in [-0.39, 0.29) is 23.0 Å². The predicted molar refractivity (Wildman–Crippen MR) is 87.9 cm³/mol. The maximum absolute atomic E-state index is 12.0. The van der Waals surface area contributed by atoms with Gasteiger partial charge in [-0.15, -0.1) is 0 Å². The van der Waals surface area contributed by atoms with Gasteiger partial charge in [0.2, 0.25) is 5.91 Å². The van der Waals surface area contributed by atoms with Crippen molar-refractivity contribution in [3.63, 3.8) is 0 Å². The zero-order chi connectivity index (χ0) is 16.7. The summed E-state index contributed by atoms with van der Waals surface area (Å²) in [6, 6.07) is 9.74. The van der Waals surface area contributed by atoms with E-state index in [1.165, 1.54) is 23.9 Å². The van der Waals surface area contributed by atoms with Crippen LogP contribution in [0.1, 0.15) is 6.92 Å². The van der Waals surface area contributed by atoms with Gasteiger partial charge in [0.05, 0.1) is 28.4 Å². The first-order valence-corrected chi connectivity index (χ1v) is 7.83. The van der Waals surface area contributed by atoms with Crippen LogP contribution in [0.2, 0.25) is 0 Å².